The van der Waals surface area contributed by atoms with Gasteiger partial charge in [0.25, 0.3) is 5.91 Å². The first-order valence-corrected chi connectivity index (χ1v) is 6.99. The molecule has 110 valence electrons. The Labute approximate surface area is 119 Å². The Morgan fingerprint density at radius 1 is 1.45 bits per heavy atom. The van der Waals surface area contributed by atoms with Crippen molar-refractivity contribution in [2.45, 2.75) is 32.4 Å². The molecule has 0 saturated carbocycles. The molecule has 0 aliphatic carbocycles. The maximum absolute atomic E-state index is 12.3. The molecule has 2 atom stereocenters. The average molecular weight is 278 g/mol. The standard InChI is InChI=1S/C15H22N2O3/c1-3-13-9-19-11(2)8-17(13)15(18)10-20-14-6-4-12(16)5-7-14/h4-7,11,13H,3,8-10,16H2,1-2H3. The summed E-state index contributed by atoms with van der Waals surface area (Å²) in [4.78, 5) is 14.1. The first-order chi connectivity index (χ1) is 9.60. The van der Waals surface area contributed by atoms with Gasteiger partial charge in [0.15, 0.2) is 6.61 Å². The Bertz CT molecular complexity index is 447. The van der Waals surface area contributed by atoms with Gasteiger partial charge >= 0.3 is 0 Å². The summed E-state index contributed by atoms with van der Waals surface area (Å²) in [6, 6.07) is 7.19. The molecule has 1 aromatic rings. The van der Waals surface area contributed by atoms with Crippen LogP contribution in [0, 0.1) is 0 Å². The summed E-state index contributed by atoms with van der Waals surface area (Å²) < 4.78 is 11.1. The summed E-state index contributed by atoms with van der Waals surface area (Å²) >= 11 is 0. The van der Waals surface area contributed by atoms with E-state index in [2.05, 4.69) is 6.92 Å². The molecule has 0 radical (unpaired) electrons. The van der Waals surface area contributed by atoms with Crippen LogP contribution in [0.5, 0.6) is 5.75 Å². The number of amides is 1. The van der Waals surface area contributed by atoms with Crippen LogP contribution in [0.2, 0.25) is 0 Å². The van der Waals surface area contributed by atoms with Gasteiger partial charge in [0.1, 0.15) is 5.75 Å². The third kappa shape index (κ3) is 3.63. The number of hydrogen-bond donors (Lipinski definition) is 1. The third-order valence-electron chi connectivity index (χ3n) is 3.50. The zero-order valence-corrected chi connectivity index (χ0v) is 12.0. The van der Waals surface area contributed by atoms with Gasteiger partial charge in [0.2, 0.25) is 0 Å². The van der Waals surface area contributed by atoms with E-state index < -0.39 is 0 Å². The summed E-state index contributed by atoms with van der Waals surface area (Å²) in [6.45, 7) is 5.32. The molecule has 0 spiro atoms. The van der Waals surface area contributed by atoms with E-state index in [1.807, 2.05) is 11.8 Å². The van der Waals surface area contributed by atoms with E-state index in [4.69, 9.17) is 15.2 Å². The minimum absolute atomic E-state index is 0.00354. The van der Waals surface area contributed by atoms with E-state index in [0.29, 0.717) is 24.6 Å². The lowest BCUT2D eigenvalue weighted by Gasteiger charge is -2.38. The normalized spacial score (nSPS) is 22.6. The van der Waals surface area contributed by atoms with Crippen LogP contribution >= 0.6 is 0 Å². The molecule has 1 amide bonds. The first kappa shape index (κ1) is 14.7. The van der Waals surface area contributed by atoms with Gasteiger partial charge in [-0.05, 0) is 37.6 Å². The Kier molecular flexibility index (Phi) is 4.84. The van der Waals surface area contributed by atoms with Crippen LogP contribution in [0.25, 0.3) is 0 Å². The molecular weight excluding hydrogens is 256 g/mol. The quantitative estimate of drug-likeness (QED) is 0.851. The minimum atomic E-state index is 0.00354. The molecule has 1 aliphatic rings. The number of carbonyl (C=O) groups excluding carboxylic acids is 1. The minimum Gasteiger partial charge on any atom is -0.484 e. The van der Waals surface area contributed by atoms with Crippen LogP contribution in [0.1, 0.15) is 20.3 Å². The van der Waals surface area contributed by atoms with Crippen molar-refractivity contribution in [3.8, 4) is 5.75 Å². The van der Waals surface area contributed by atoms with Gasteiger partial charge < -0.3 is 20.1 Å². The molecule has 5 heteroatoms. The predicted octanol–water partition coefficient (Wildman–Crippen LogP) is 1.67. The Morgan fingerprint density at radius 2 is 2.15 bits per heavy atom. The number of anilines is 1. The summed E-state index contributed by atoms with van der Waals surface area (Å²) in [5, 5.41) is 0. The molecule has 0 aromatic heterocycles. The molecule has 20 heavy (non-hydrogen) atoms. The molecule has 2 rings (SSSR count). The van der Waals surface area contributed by atoms with Crippen LogP contribution in [0.4, 0.5) is 5.69 Å². The second-order valence-electron chi connectivity index (χ2n) is 5.11. The number of nitrogen functional groups attached to an aromatic ring is 1. The number of carbonyl (C=O) groups is 1. The van der Waals surface area contributed by atoms with Crippen LogP contribution in [-0.4, -0.2) is 42.7 Å². The molecule has 2 unspecified atom stereocenters. The van der Waals surface area contributed by atoms with Crippen molar-refractivity contribution in [1.29, 1.82) is 0 Å². The molecule has 1 fully saturated rings. The van der Waals surface area contributed by atoms with Crippen LogP contribution in [0.3, 0.4) is 0 Å². The average Bonchev–Trinajstić information content (AvgIpc) is 2.46. The smallest absolute Gasteiger partial charge is 0.260 e. The van der Waals surface area contributed by atoms with Gasteiger partial charge in [-0.15, -0.1) is 0 Å². The highest BCUT2D eigenvalue weighted by molar-refractivity contribution is 5.78. The van der Waals surface area contributed by atoms with Crippen LogP contribution in [0.15, 0.2) is 24.3 Å². The van der Waals surface area contributed by atoms with Gasteiger partial charge in [0, 0.05) is 12.2 Å². The van der Waals surface area contributed by atoms with E-state index in [-0.39, 0.29) is 24.7 Å². The fraction of sp³-hybridized carbons (Fsp3) is 0.533. The molecular formula is C15H22N2O3. The molecule has 5 nitrogen and oxygen atoms in total. The Hall–Kier alpha value is -1.75. The first-order valence-electron chi connectivity index (χ1n) is 6.99. The second-order valence-corrected chi connectivity index (χ2v) is 5.11. The molecule has 1 heterocycles. The van der Waals surface area contributed by atoms with Gasteiger partial charge in [-0.3, -0.25) is 4.79 Å². The monoisotopic (exact) mass is 278 g/mol. The van der Waals surface area contributed by atoms with Crippen molar-refractivity contribution in [2.75, 3.05) is 25.5 Å². The largest absolute Gasteiger partial charge is 0.484 e. The summed E-state index contributed by atoms with van der Waals surface area (Å²) in [5.41, 5.74) is 6.28. The maximum atomic E-state index is 12.3. The maximum Gasteiger partial charge on any atom is 0.260 e. The lowest BCUT2D eigenvalue weighted by Crippen LogP contribution is -2.52. The zero-order valence-electron chi connectivity index (χ0n) is 12.0. The number of nitrogens with two attached hydrogens (primary N) is 1. The highest BCUT2D eigenvalue weighted by Crippen LogP contribution is 2.16. The van der Waals surface area contributed by atoms with Crippen molar-refractivity contribution < 1.29 is 14.3 Å². The molecule has 1 aromatic carbocycles. The number of nitrogens with zero attached hydrogens (tertiary/aromatic N) is 1. The highest BCUT2D eigenvalue weighted by atomic mass is 16.5. The Morgan fingerprint density at radius 3 is 2.80 bits per heavy atom. The fourth-order valence-electron chi connectivity index (χ4n) is 2.28. The molecule has 2 N–H and O–H groups in total. The Balaban J connectivity index is 1.91. The fourth-order valence-corrected chi connectivity index (χ4v) is 2.28. The molecule has 1 aliphatic heterocycles. The van der Waals surface area contributed by atoms with Gasteiger partial charge in [-0.2, -0.15) is 0 Å². The highest BCUT2D eigenvalue weighted by Gasteiger charge is 2.29. The molecule has 0 bridgehead atoms. The van der Waals surface area contributed by atoms with Crippen molar-refractivity contribution in [2.24, 2.45) is 0 Å². The van der Waals surface area contributed by atoms with Crippen molar-refractivity contribution >= 4 is 11.6 Å². The van der Waals surface area contributed by atoms with Crippen molar-refractivity contribution in [3.63, 3.8) is 0 Å². The molecule has 1 saturated heterocycles. The zero-order chi connectivity index (χ0) is 14.5. The number of rotatable bonds is 4. The van der Waals surface area contributed by atoms with E-state index in [1.165, 1.54) is 0 Å². The predicted molar refractivity (Wildman–Crippen MR) is 77.6 cm³/mol. The summed E-state index contributed by atoms with van der Waals surface area (Å²) in [5.74, 6) is 0.658. The topological polar surface area (TPSA) is 64.8 Å². The second kappa shape index (κ2) is 6.61. The third-order valence-corrected chi connectivity index (χ3v) is 3.50. The number of morpholine rings is 1. The summed E-state index contributed by atoms with van der Waals surface area (Å²) in [6.07, 6.45) is 0.971. The van der Waals surface area contributed by atoms with Gasteiger partial charge in [-0.25, -0.2) is 0 Å². The lowest BCUT2D eigenvalue weighted by atomic mass is 10.1. The van der Waals surface area contributed by atoms with E-state index in [0.717, 1.165) is 6.42 Å². The van der Waals surface area contributed by atoms with Crippen molar-refractivity contribution in [1.82, 2.24) is 4.90 Å². The van der Waals surface area contributed by atoms with E-state index in [9.17, 15) is 4.79 Å². The van der Waals surface area contributed by atoms with Crippen LogP contribution in [-0.2, 0) is 9.53 Å². The number of benzene rings is 1. The van der Waals surface area contributed by atoms with Crippen molar-refractivity contribution in [3.05, 3.63) is 24.3 Å². The number of ether oxygens (including phenoxy) is 2. The van der Waals surface area contributed by atoms with Crippen LogP contribution < -0.4 is 10.5 Å². The van der Waals surface area contributed by atoms with E-state index >= 15 is 0 Å². The number of hydrogen-bond acceptors (Lipinski definition) is 4. The van der Waals surface area contributed by atoms with Gasteiger partial charge in [0.05, 0.1) is 18.8 Å². The lowest BCUT2D eigenvalue weighted by molar-refractivity contribution is -0.146. The van der Waals surface area contributed by atoms with Gasteiger partial charge in [-0.1, -0.05) is 6.92 Å². The van der Waals surface area contributed by atoms with E-state index in [1.54, 1.807) is 24.3 Å². The summed E-state index contributed by atoms with van der Waals surface area (Å²) in [7, 11) is 0. The SMILES string of the molecule is CCC1COC(C)CN1C(=O)COc1ccc(N)cc1.